The maximum Gasteiger partial charge on any atom is 0.255 e. The van der Waals surface area contributed by atoms with Crippen molar-refractivity contribution >= 4 is 34.5 Å². The van der Waals surface area contributed by atoms with Gasteiger partial charge in [-0.05, 0) is 47.4 Å². The quantitative estimate of drug-likeness (QED) is 0.874. The fourth-order valence-corrected chi connectivity index (χ4v) is 3.07. The van der Waals surface area contributed by atoms with E-state index in [0.717, 1.165) is 18.4 Å². The minimum absolute atomic E-state index is 0.0315. The molecule has 104 valence electrons. The molecule has 1 heterocycles. The van der Waals surface area contributed by atoms with Gasteiger partial charge in [-0.3, -0.25) is 4.79 Å². The molecule has 0 saturated heterocycles. The third-order valence-corrected chi connectivity index (χ3v) is 4.59. The van der Waals surface area contributed by atoms with Gasteiger partial charge in [-0.2, -0.15) is 11.3 Å². The molecule has 0 radical (unpaired) electrons. The predicted octanol–water partition coefficient (Wildman–Crippen LogP) is 3.79. The highest BCUT2D eigenvalue weighted by molar-refractivity contribution is 7.07. The zero-order valence-electron chi connectivity index (χ0n) is 10.9. The minimum Gasteiger partial charge on any atom is -0.398 e. The summed E-state index contributed by atoms with van der Waals surface area (Å²) in [6.07, 6.45) is 2.13. The summed E-state index contributed by atoms with van der Waals surface area (Å²) in [6, 6.07) is 7.60. The summed E-state index contributed by atoms with van der Waals surface area (Å²) in [5.41, 5.74) is 7.89. The molecule has 1 aliphatic carbocycles. The molecule has 1 saturated carbocycles. The molecule has 1 amide bonds. The fourth-order valence-electron chi connectivity index (χ4n) is 2.20. The summed E-state index contributed by atoms with van der Waals surface area (Å²) in [4.78, 5) is 14.6. The van der Waals surface area contributed by atoms with Crippen LogP contribution >= 0.6 is 22.9 Å². The van der Waals surface area contributed by atoms with Crippen molar-refractivity contribution in [2.75, 3.05) is 5.73 Å². The number of thiophene rings is 1. The molecule has 2 aromatic rings. The lowest BCUT2D eigenvalue weighted by molar-refractivity contribution is 0.0730. The van der Waals surface area contributed by atoms with E-state index in [1.807, 2.05) is 16.3 Å². The van der Waals surface area contributed by atoms with Gasteiger partial charge < -0.3 is 10.6 Å². The first-order chi connectivity index (χ1) is 9.66. The van der Waals surface area contributed by atoms with E-state index < -0.39 is 0 Å². The van der Waals surface area contributed by atoms with Crippen molar-refractivity contribution in [2.24, 2.45) is 0 Å². The highest BCUT2D eigenvalue weighted by Crippen LogP contribution is 2.32. The molecular weight excluding hydrogens is 292 g/mol. The lowest BCUT2D eigenvalue weighted by Gasteiger charge is -2.23. The topological polar surface area (TPSA) is 46.3 Å². The maximum absolute atomic E-state index is 12.7. The molecule has 0 spiro atoms. The van der Waals surface area contributed by atoms with Crippen molar-refractivity contribution in [3.05, 3.63) is 51.2 Å². The van der Waals surface area contributed by atoms with Crippen LogP contribution in [0.15, 0.2) is 35.0 Å². The number of hydrogen-bond donors (Lipinski definition) is 1. The number of halogens is 1. The Morgan fingerprint density at radius 2 is 2.20 bits per heavy atom. The van der Waals surface area contributed by atoms with Crippen LogP contribution in [0.1, 0.15) is 28.8 Å². The number of benzene rings is 1. The fraction of sp³-hybridized carbons (Fsp3) is 0.267. The van der Waals surface area contributed by atoms with Crippen LogP contribution in [0, 0.1) is 0 Å². The number of carbonyl (C=O) groups excluding carboxylic acids is 1. The molecule has 1 aromatic carbocycles. The van der Waals surface area contributed by atoms with Crippen LogP contribution in [-0.2, 0) is 6.54 Å². The van der Waals surface area contributed by atoms with E-state index in [1.165, 1.54) is 0 Å². The number of nitrogen functional groups attached to an aromatic ring is 1. The highest BCUT2D eigenvalue weighted by Gasteiger charge is 2.34. The lowest BCUT2D eigenvalue weighted by atomic mass is 10.1. The van der Waals surface area contributed by atoms with E-state index in [2.05, 4.69) is 5.38 Å². The Labute approximate surface area is 127 Å². The van der Waals surface area contributed by atoms with E-state index in [9.17, 15) is 4.79 Å². The average molecular weight is 307 g/mol. The van der Waals surface area contributed by atoms with Crippen LogP contribution < -0.4 is 5.73 Å². The Kier molecular flexibility index (Phi) is 3.68. The number of hydrogen-bond acceptors (Lipinski definition) is 3. The van der Waals surface area contributed by atoms with Crippen LogP contribution in [0.4, 0.5) is 5.69 Å². The normalized spacial score (nSPS) is 14.2. The Morgan fingerprint density at radius 3 is 2.85 bits per heavy atom. The molecule has 2 N–H and O–H groups in total. The maximum atomic E-state index is 12.7. The SMILES string of the molecule is Nc1cccc(C(=O)N(Cc2ccsc2)C2CC2)c1Cl. The molecule has 0 atom stereocenters. The summed E-state index contributed by atoms with van der Waals surface area (Å²) < 4.78 is 0. The summed E-state index contributed by atoms with van der Waals surface area (Å²) in [7, 11) is 0. The van der Waals surface area contributed by atoms with E-state index in [-0.39, 0.29) is 5.91 Å². The van der Waals surface area contributed by atoms with Crippen molar-refractivity contribution in [1.82, 2.24) is 4.90 Å². The van der Waals surface area contributed by atoms with Crippen LogP contribution in [0.2, 0.25) is 5.02 Å². The average Bonchev–Trinajstić information content (AvgIpc) is 3.15. The second kappa shape index (κ2) is 5.46. The van der Waals surface area contributed by atoms with E-state index in [0.29, 0.717) is 28.9 Å². The Bertz CT molecular complexity index is 623. The van der Waals surface area contributed by atoms with Crippen molar-refractivity contribution in [1.29, 1.82) is 0 Å². The van der Waals surface area contributed by atoms with Crippen LogP contribution in [0.5, 0.6) is 0 Å². The molecule has 20 heavy (non-hydrogen) atoms. The third kappa shape index (κ3) is 2.67. The Hall–Kier alpha value is -1.52. The van der Waals surface area contributed by atoms with Gasteiger partial charge in [0.15, 0.2) is 0 Å². The Balaban J connectivity index is 1.87. The summed E-state index contributed by atoms with van der Waals surface area (Å²) in [6.45, 7) is 0.637. The van der Waals surface area contributed by atoms with E-state index in [1.54, 1.807) is 29.5 Å². The standard InChI is InChI=1S/C15H15ClN2OS/c16-14-12(2-1-3-13(14)17)15(19)18(11-4-5-11)8-10-6-7-20-9-10/h1-3,6-7,9,11H,4-5,8,17H2. The number of rotatable bonds is 4. The zero-order chi connectivity index (χ0) is 14.1. The van der Waals surface area contributed by atoms with Crippen molar-refractivity contribution in [3.63, 3.8) is 0 Å². The molecule has 0 aliphatic heterocycles. The van der Waals surface area contributed by atoms with E-state index in [4.69, 9.17) is 17.3 Å². The summed E-state index contributed by atoms with van der Waals surface area (Å²) in [5, 5.41) is 4.45. The number of carbonyl (C=O) groups is 1. The molecule has 1 aliphatic rings. The molecule has 1 fully saturated rings. The molecular formula is C15H15ClN2OS. The number of nitrogens with zero attached hydrogens (tertiary/aromatic N) is 1. The lowest BCUT2D eigenvalue weighted by Crippen LogP contribution is -2.32. The van der Waals surface area contributed by atoms with Crippen LogP contribution in [0.3, 0.4) is 0 Å². The summed E-state index contributed by atoms with van der Waals surface area (Å²) >= 11 is 7.81. The van der Waals surface area contributed by atoms with E-state index >= 15 is 0 Å². The molecule has 0 unspecified atom stereocenters. The van der Waals surface area contributed by atoms with Crippen LogP contribution in [-0.4, -0.2) is 16.8 Å². The van der Waals surface area contributed by atoms with Gasteiger partial charge in [0.25, 0.3) is 5.91 Å². The van der Waals surface area contributed by atoms with Crippen molar-refractivity contribution in [2.45, 2.75) is 25.4 Å². The highest BCUT2D eigenvalue weighted by atomic mass is 35.5. The second-order valence-corrected chi connectivity index (χ2v) is 6.16. The van der Waals surface area contributed by atoms with Crippen molar-refractivity contribution in [3.8, 4) is 0 Å². The van der Waals surface area contributed by atoms with Gasteiger partial charge in [0.05, 0.1) is 16.3 Å². The van der Waals surface area contributed by atoms with Crippen LogP contribution in [0.25, 0.3) is 0 Å². The van der Waals surface area contributed by atoms with Gasteiger partial charge >= 0.3 is 0 Å². The smallest absolute Gasteiger partial charge is 0.255 e. The number of anilines is 1. The summed E-state index contributed by atoms with van der Waals surface area (Å²) in [5.74, 6) is -0.0315. The van der Waals surface area contributed by atoms with Gasteiger partial charge in [-0.1, -0.05) is 17.7 Å². The first-order valence-corrected chi connectivity index (χ1v) is 7.85. The predicted molar refractivity (Wildman–Crippen MR) is 83.1 cm³/mol. The second-order valence-electron chi connectivity index (χ2n) is 5.00. The molecule has 5 heteroatoms. The first-order valence-electron chi connectivity index (χ1n) is 6.53. The molecule has 1 aromatic heterocycles. The third-order valence-electron chi connectivity index (χ3n) is 3.44. The minimum atomic E-state index is -0.0315. The number of nitrogens with two attached hydrogens (primary N) is 1. The Morgan fingerprint density at radius 1 is 1.40 bits per heavy atom. The van der Waals surface area contributed by atoms with Crippen molar-refractivity contribution < 1.29 is 4.79 Å². The van der Waals surface area contributed by atoms with Gasteiger partial charge in [0.2, 0.25) is 0 Å². The largest absolute Gasteiger partial charge is 0.398 e. The zero-order valence-corrected chi connectivity index (χ0v) is 12.5. The van der Waals surface area contributed by atoms with Gasteiger partial charge in [-0.15, -0.1) is 0 Å². The molecule has 3 nitrogen and oxygen atoms in total. The van der Waals surface area contributed by atoms with Gasteiger partial charge in [-0.25, -0.2) is 0 Å². The number of amides is 1. The first kappa shape index (κ1) is 13.5. The van der Waals surface area contributed by atoms with Gasteiger partial charge in [0, 0.05) is 12.6 Å². The molecule has 3 rings (SSSR count). The monoisotopic (exact) mass is 306 g/mol. The van der Waals surface area contributed by atoms with Gasteiger partial charge in [0.1, 0.15) is 0 Å². The molecule has 0 bridgehead atoms.